The molecule has 0 aliphatic heterocycles. The number of fused-ring (bicyclic) bond motifs is 1. The Hall–Kier alpha value is -2.88. The molecule has 0 atom stereocenters. The first-order valence-corrected chi connectivity index (χ1v) is 7.87. The van der Waals surface area contributed by atoms with Crippen LogP contribution in [0.2, 0.25) is 0 Å². The molecule has 0 aliphatic carbocycles. The third kappa shape index (κ3) is 2.14. The van der Waals surface area contributed by atoms with Gasteiger partial charge in [0, 0.05) is 35.2 Å². The molecular weight excluding hydrogens is 296 g/mol. The fourth-order valence-corrected chi connectivity index (χ4v) is 3.08. The van der Waals surface area contributed by atoms with Crippen molar-refractivity contribution in [3.05, 3.63) is 66.2 Å². The van der Waals surface area contributed by atoms with Crippen LogP contribution in [0.3, 0.4) is 0 Å². The number of nitrogens with zero attached hydrogens (tertiary/aromatic N) is 4. The predicted molar refractivity (Wildman–Crippen MR) is 95.7 cm³/mol. The molecule has 4 rings (SSSR count). The van der Waals surface area contributed by atoms with Crippen molar-refractivity contribution >= 4 is 5.78 Å². The van der Waals surface area contributed by atoms with Crippen molar-refractivity contribution in [2.24, 2.45) is 14.1 Å². The highest BCUT2D eigenvalue weighted by molar-refractivity contribution is 5.68. The van der Waals surface area contributed by atoms with Crippen molar-refractivity contribution in [3.8, 4) is 22.5 Å². The van der Waals surface area contributed by atoms with Crippen LogP contribution in [0.4, 0.5) is 0 Å². The summed E-state index contributed by atoms with van der Waals surface area (Å²) in [4.78, 5) is 4.39. The van der Waals surface area contributed by atoms with Crippen LogP contribution in [-0.2, 0) is 14.1 Å². The number of hydrogen-bond acceptors (Lipinski definition) is 1. The summed E-state index contributed by atoms with van der Waals surface area (Å²) in [7, 11) is 3.91. The molecule has 0 spiro atoms. The molecule has 3 aromatic heterocycles. The maximum Gasteiger partial charge on any atom is 0.231 e. The molecule has 0 radical (unpaired) electrons. The molecule has 0 fully saturated rings. The highest BCUT2D eigenvalue weighted by atomic mass is 15.2. The molecular formula is C20H21N4+. The van der Waals surface area contributed by atoms with Crippen molar-refractivity contribution in [2.75, 3.05) is 0 Å². The van der Waals surface area contributed by atoms with E-state index in [0.29, 0.717) is 11.5 Å². The second-order valence-electron chi connectivity index (χ2n) is 6.07. The lowest BCUT2D eigenvalue weighted by molar-refractivity contribution is -0.660. The van der Waals surface area contributed by atoms with Gasteiger partial charge in [-0.2, -0.15) is 4.57 Å². The van der Waals surface area contributed by atoms with Gasteiger partial charge in [0.25, 0.3) is 0 Å². The predicted octanol–water partition coefficient (Wildman–Crippen LogP) is 3.45. The number of aromatic nitrogens is 4. The summed E-state index contributed by atoms with van der Waals surface area (Å²) in [5, 5.41) is 0. The van der Waals surface area contributed by atoms with Gasteiger partial charge in [-0.3, -0.25) is 4.40 Å². The van der Waals surface area contributed by atoms with Crippen molar-refractivity contribution in [1.82, 2.24) is 14.0 Å². The van der Waals surface area contributed by atoms with E-state index in [-0.39, 0.29) is 5.69 Å². The highest BCUT2D eigenvalue weighted by Gasteiger charge is 2.19. The van der Waals surface area contributed by atoms with Crippen LogP contribution in [0, 0.1) is 13.8 Å². The Bertz CT molecular complexity index is 1140. The minimum Gasteiger partial charge on any atom is -0.308 e. The minimum atomic E-state index is -2.21. The number of aryl methyl sites for hydroxylation is 4. The average molecular weight is 320 g/mol. The molecule has 0 saturated carbocycles. The number of imidazole rings is 2. The quantitative estimate of drug-likeness (QED) is 0.520. The molecule has 4 aromatic rings. The number of rotatable bonds is 2. The van der Waals surface area contributed by atoms with Crippen molar-refractivity contribution in [2.45, 2.75) is 13.8 Å². The maximum atomic E-state index is 7.67. The number of benzene rings is 1. The summed E-state index contributed by atoms with van der Waals surface area (Å²) < 4.78 is 28.9. The van der Waals surface area contributed by atoms with E-state index in [1.54, 1.807) is 6.92 Å². The van der Waals surface area contributed by atoms with Crippen LogP contribution in [0.25, 0.3) is 28.3 Å². The fourth-order valence-electron chi connectivity index (χ4n) is 3.08. The summed E-state index contributed by atoms with van der Waals surface area (Å²) in [6, 6.07) is 14.5. The average Bonchev–Trinajstić information content (AvgIpc) is 3.13. The SMILES string of the molecule is [2H]C([2H])([2H])c1nc2n(C)c(-c3cc(-c4ccccc4)cc[n+]3C)cn2c1C. The standard InChI is InChI=1S/C20H21N4/c1-14-15(2)24-13-19(23(4)20(24)21-14)18-12-17(10-11-22(18)3)16-8-6-5-7-9-16/h5-13H,1-4H3/q+1/i1D3. The van der Waals surface area contributed by atoms with Gasteiger partial charge in [0.2, 0.25) is 11.5 Å². The lowest BCUT2D eigenvalue weighted by Crippen LogP contribution is -2.30. The largest absolute Gasteiger partial charge is 0.308 e. The summed E-state index contributed by atoms with van der Waals surface area (Å²) in [6.45, 7) is -0.417. The molecule has 0 unspecified atom stereocenters. The molecule has 120 valence electrons. The van der Waals surface area contributed by atoms with Gasteiger partial charge >= 0.3 is 0 Å². The van der Waals surface area contributed by atoms with E-state index in [1.807, 2.05) is 53.7 Å². The molecule has 3 heterocycles. The summed E-state index contributed by atoms with van der Waals surface area (Å²) in [5.74, 6) is 0.624. The van der Waals surface area contributed by atoms with Gasteiger partial charge in [-0.25, -0.2) is 4.98 Å². The normalized spacial score (nSPS) is 13.7. The van der Waals surface area contributed by atoms with Gasteiger partial charge in [-0.15, -0.1) is 0 Å². The molecule has 4 nitrogen and oxygen atoms in total. The monoisotopic (exact) mass is 320 g/mol. The Kier molecular flexibility index (Phi) is 2.59. The topological polar surface area (TPSA) is 26.1 Å². The Morgan fingerprint density at radius 1 is 1.12 bits per heavy atom. The van der Waals surface area contributed by atoms with Gasteiger partial charge in [0.15, 0.2) is 6.20 Å². The summed E-state index contributed by atoms with van der Waals surface area (Å²) in [6.07, 6.45) is 3.99. The van der Waals surface area contributed by atoms with Crippen molar-refractivity contribution in [1.29, 1.82) is 0 Å². The summed E-state index contributed by atoms with van der Waals surface area (Å²) in [5.41, 5.74) is 5.08. The summed E-state index contributed by atoms with van der Waals surface area (Å²) >= 11 is 0. The molecule has 4 heteroatoms. The van der Waals surface area contributed by atoms with Gasteiger partial charge in [0.1, 0.15) is 12.7 Å². The van der Waals surface area contributed by atoms with Gasteiger partial charge in [0.05, 0.1) is 5.69 Å². The van der Waals surface area contributed by atoms with E-state index in [0.717, 1.165) is 22.5 Å². The fraction of sp³-hybridized carbons (Fsp3) is 0.200. The van der Waals surface area contributed by atoms with Crippen LogP contribution in [0.5, 0.6) is 0 Å². The van der Waals surface area contributed by atoms with Crippen LogP contribution in [0.15, 0.2) is 54.9 Å². The van der Waals surface area contributed by atoms with Gasteiger partial charge in [-0.1, -0.05) is 30.3 Å². The first-order valence-electron chi connectivity index (χ1n) is 9.37. The van der Waals surface area contributed by atoms with E-state index in [9.17, 15) is 0 Å². The molecule has 0 amide bonds. The van der Waals surface area contributed by atoms with E-state index in [4.69, 9.17) is 4.11 Å². The lowest BCUT2D eigenvalue weighted by Gasteiger charge is -2.05. The zero-order valence-corrected chi connectivity index (χ0v) is 14.0. The first kappa shape index (κ1) is 11.6. The van der Waals surface area contributed by atoms with Gasteiger partial charge in [-0.05, 0) is 24.9 Å². The van der Waals surface area contributed by atoms with E-state index in [1.165, 1.54) is 0 Å². The van der Waals surface area contributed by atoms with Crippen LogP contribution in [0.1, 0.15) is 15.5 Å². The van der Waals surface area contributed by atoms with E-state index >= 15 is 0 Å². The van der Waals surface area contributed by atoms with Crippen LogP contribution >= 0.6 is 0 Å². The van der Waals surface area contributed by atoms with Gasteiger partial charge < -0.3 is 4.57 Å². The smallest absolute Gasteiger partial charge is 0.231 e. The molecule has 24 heavy (non-hydrogen) atoms. The third-order valence-electron chi connectivity index (χ3n) is 4.56. The second kappa shape index (κ2) is 5.34. The Labute approximate surface area is 145 Å². The second-order valence-corrected chi connectivity index (χ2v) is 6.07. The minimum absolute atomic E-state index is 0.155. The zero-order valence-electron chi connectivity index (χ0n) is 17.0. The van der Waals surface area contributed by atoms with Crippen molar-refractivity contribution in [3.63, 3.8) is 0 Å². The highest BCUT2D eigenvalue weighted by Crippen LogP contribution is 2.25. The lowest BCUT2D eigenvalue weighted by atomic mass is 10.1. The van der Waals surface area contributed by atoms with E-state index in [2.05, 4.69) is 33.8 Å². The molecule has 0 aliphatic rings. The van der Waals surface area contributed by atoms with Crippen LogP contribution < -0.4 is 4.57 Å². The molecule has 0 saturated heterocycles. The number of hydrogen-bond donors (Lipinski definition) is 0. The Balaban J connectivity index is 1.89. The van der Waals surface area contributed by atoms with E-state index < -0.39 is 6.85 Å². The molecule has 1 aromatic carbocycles. The molecule has 0 bridgehead atoms. The van der Waals surface area contributed by atoms with Crippen molar-refractivity contribution < 1.29 is 8.68 Å². The maximum absolute atomic E-state index is 7.67. The first-order chi connectivity index (χ1) is 12.8. The zero-order chi connectivity index (χ0) is 19.3. The van der Waals surface area contributed by atoms with Crippen LogP contribution in [-0.4, -0.2) is 14.0 Å². The third-order valence-corrected chi connectivity index (χ3v) is 4.56. The Morgan fingerprint density at radius 3 is 2.62 bits per heavy atom. The Morgan fingerprint density at radius 2 is 1.92 bits per heavy atom. The molecule has 0 N–H and O–H groups in total. The number of pyridine rings is 1.